The number of fused-ring (bicyclic) bond motifs is 3. The van der Waals surface area contributed by atoms with Crippen LogP contribution < -0.4 is 16.3 Å². The SMILES string of the molecule is O=C(Nc1ccc2oc(-c3ccnc(C(=O)N4CC5CCN(C(C6=NNN(C(F)F)N6)c6ccccc6)CC4C5)c3)nc2c1)C1CC1. The number of hydrazone groups is 1. The predicted molar refractivity (Wildman–Crippen MR) is 168 cm³/mol. The second-order valence-electron chi connectivity index (χ2n) is 12.6. The molecule has 2 saturated heterocycles. The van der Waals surface area contributed by atoms with E-state index in [-0.39, 0.29) is 29.5 Å². The highest BCUT2D eigenvalue weighted by molar-refractivity contribution is 5.96. The third-order valence-electron chi connectivity index (χ3n) is 9.31. The van der Waals surface area contributed by atoms with Gasteiger partial charge in [-0.25, -0.2) is 10.5 Å². The van der Waals surface area contributed by atoms with Gasteiger partial charge in [0.15, 0.2) is 11.4 Å². The fraction of sp³-hybridized carbons (Fsp3) is 0.364. The van der Waals surface area contributed by atoms with Crippen molar-refractivity contribution in [3.8, 4) is 11.5 Å². The molecule has 12 nitrogen and oxygen atoms in total. The number of alkyl halides is 2. The molecule has 4 aliphatic rings. The average molecular weight is 642 g/mol. The van der Waals surface area contributed by atoms with Crippen LogP contribution in [0.1, 0.15) is 47.8 Å². The number of amides is 2. The van der Waals surface area contributed by atoms with Crippen molar-refractivity contribution in [2.75, 3.05) is 25.0 Å². The number of benzene rings is 2. The number of nitrogens with zero attached hydrogens (tertiary/aromatic N) is 6. The van der Waals surface area contributed by atoms with Gasteiger partial charge in [-0.3, -0.25) is 24.9 Å². The number of carbonyl (C=O) groups is 2. The van der Waals surface area contributed by atoms with Crippen LogP contribution in [0.15, 0.2) is 76.4 Å². The van der Waals surface area contributed by atoms with Crippen LogP contribution in [0.25, 0.3) is 22.6 Å². The van der Waals surface area contributed by atoms with Crippen molar-refractivity contribution in [1.82, 2.24) is 35.8 Å². The van der Waals surface area contributed by atoms with E-state index in [0.29, 0.717) is 58.2 Å². The average Bonchev–Trinajstić information content (AvgIpc) is 3.54. The number of rotatable bonds is 8. The van der Waals surface area contributed by atoms with Crippen LogP contribution in [0.2, 0.25) is 0 Å². The lowest BCUT2D eigenvalue weighted by Gasteiger charge is -2.36. The first-order valence-corrected chi connectivity index (χ1v) is 15.8. The lowest BCUT2D eigenvalue weighted by molar-refractivity contribution is -0.117. The zero-order chi connectivity index (χ0) is 32.1. The Hall–Kier alpha value is -4.95. The molecule has 8 rings (SSSR count). The highest BCUT2D eigenvalue weighted by Crippen LogP contribution is 2.36. The Morgan fingerprint density at radius 3 is 2.66 bits per heavy atom. The molecule has 1 aliphatic carbocycles. The Morgan fingerprint density at radius 2 is 1.87 bits per heavy atom. The fourth-order valence-corrected chi connectivity index (χ4v) is 6.81. The Morgan fingerprint density at radius 1 is 1.02 bits per heavy atom. The number of hydrazine groups is 2. The Labute approximate surface area is 268 Å². The van der Waals surface area contributed by atoms with Crippen LogP contribution >= 0.6 is 0 Å². The first-order chi connectivity index (χ1) is 22.9. The normalized spacial score (nSPS) is 22.1. The predicted octanol–water partition coefficient (Wildman–Crippen LogP) is 4.38. The minimum atomic E-state index is -2.78. The van der Waals surface area contributed by atoms with Gasteiger partial charge in [-0.2, -0.15) is 8.78 Å². The van der Waals surface area contributed by atoms with Gasteiger partial charge in [0.25, 0.3) is 5.91 Å². The molecule has 47 heavy (non-hydrogen) atoms. The van der Waals surface area contributed by atoms with Crippen molar-refractivity contribution in [1.29, 1.82) is 0 Å². The number of pyridine rings is 1. The molecule has 2 aromatic carbocycles. The summed E-state index contributed by atoms with van der Waals surface area (Å²) < 4.78 is 32.9. The first kappa shape index (κ1) is 29.5. The maximum absolute atomic E-state index is 14.0. The summed E-state index contributed by atoms with van der Waals surface area (Å²) >= 11 is 0. The summed E-state index contributed by atoms with van der Waals surface area (Å²) in [4.78, 5) is 39.4. The maximum atomic E-state index is 14.0. The molecule has 4 aromatic rings. The summed E-state index contributed by atoms with van der Waals surface area (Å²) in [5, 5.41) is 7.71. The lowest BCUT2D eigenvalue weighted by atomic mass is 10.0. The Bertz CT molecular complexity index is 1850. The van der Waals surface area contributed by atoms with E-state index >= 15 is 0 Å². The van der Waals surface area contributed by atoms with Crippen molar-refractivity contribution < 1.29 is 22.8 Å². The van der Waals surface area contributed by atoms with E-state index in [1.165, 1.54) is 0 Å². The van der Waals surface area contributed by atoms with Gasteiger partial charge in [-0.05, 0) is 74.0 Å². The standard InChI is InChI=1S/C33H33F2N9O3/c34-33(35)44-40-29(39-41-44)28(20-4-2-1-3-5-20)42-13-11-19-14-24(18-42)43(17-19)32(46)26-15-22(10-12-36-26)31-38-25-16-23(8-9-27(25)47-31)37-30(45)21-6-7-21/h1-5,8-10,12,15-16,19,21,24,28,33,41H,6-7,11,13-14,17-18H2,(H,37,45)(H,39,40). The number of aromatic nitrogens is 2. The molecule has 3 atom stereocenters. The van der Waals surface area contributed by atoms with Crippen LogP contribution in [-0.4, -0.2) is 74.8 Å². The van der Waals surface area contributed by atoms with Gasteiger partial charge in [0.05, 0.1) is 6.04 Å². The van der Waals surface area contributed by atoms with Gasteiger partial charge in [0.2, 0.25) is 11.8 Å². The van der Waals surface area contributed by atoms with Crippen molar-refractivity contribution >= 4 is 34.4 Å². The van der Waals surface area contributed by atoms with Gasteiger partial charge >= 0.3 is 6.55 Å². The van der Waals surface area contributed by atoms with Gasteiger partial charge in [-0.15, -0.1) is 5.10 Å². The molecule has 0 radical (unpaired) electrons. The molecule has 2 amide bonds. The van der Waals surface area contributed by atoms with Gasteiger partial charge in [0.1, 0.15) is 11.2 Å². The van der Waals surface area contributed by atoms with Crippen molar-refractivity contribution in [3.63, 3.8) is 0 Å². The van der Waals surface area contributed by atoms with E-state index in [2.05, 4.69) is 36.2 Å². The van der Waals surface area contributed by atoms with Crippen molar-refractivity contribution in [3.05, 3.63) is 78.1 Å². The van der Waals surface area contributed by atoms with Gasteiger partial charge in [0, 0.05) is 42.5 Å². The number of carbonyl (C=O) groups excluding carboxylic acids is 2. The van der Waals surface area contributed by atoms with E-state index in [0.717, 1.165) is 37.8 Å². The fourth-order valence-electron chi connectivity index (χ4n) is 6.81. The van der Waals surface area contributed by atoms with Crippen LogP contribution in [0.5, 0.6) is 0 Å². The topological polar surface area (TPSA) is 131 Å². The molecule has 1 saturated carbocycles. The highest BCUT2D eigenvalue weighted by atomic mass is 19.3. The van der Waals surface area contributed by atoms with Gasteiger partial charge in [-0.1, -0.05) is 35.4 Å². The van der Waals surface area contributed by atoms with Crippen LogP contribution in [0.4, 0.5) is 14.5 Å². The smallest absolute Gasteiger partial charge is 0.329 e. The maximum Gasteiger partial charge on any atom is 0.329 e. The van der Waals surface area contributed by atoms with E-state index in [1.807, 2.05) is 35.2 Å². The molecule has 5 heterocycles. The molecule has 3 unspecified atom stereocenters. The number of nitrogens with one attached hydrogen (secondary N) is 3. The Kier molecular flexibility index (Phi) is 7.52. The number of hydrogen-bond acceptors (Lipinski definition) is 10. The number of amidine groups is 1. The Balaban J connectivity index is 1.01. The molecular weight excluding hydrogens is 608 g/mol. The van der Waals surface area contributed by atoms with Crippen LogP contribution in [-0.2, 0) is 4.79 Å². The van der Waals surface area contributed by atoms with Crippen molar-refractivity contribution in [2.24, 2.45) is 16.9 Å². The molecular formula is C33H33F2N9O3. The summed E-state index contributed by atoms with van der Waals surface area (Å²) in [5.41, 5.74) is 8.74. The molecule has 3 fully saturated rings. The van der Waals surface area contributed by atoms with Crippen LogP contribution in [0, 0.1) is 11.8 Å². The number of halogens is 2. The number of oxazole rings is 1. The third kappa shape index (κ3) is 5.89. The summed E-state index contributed by atoms with van der Waals surface area (Å²) in [6.45, 7) is -0.884. The minimum Gasteiger partial charge on any atom is -0.436 e. The molecule has 14 heteroatoms. The minimum absolute atomic E-state index is 0.0190. The molecule has 2 aromatic heterocycles. The summed E-state index contributed by atoms with van der Waals surface area (Å²) in [6.07, 6.45) is 5.11. The second kappa shape index (κ2) is 12.0. The lowest BCUT2D eigenvalue weighted by Crippen LogP contribution is -2.51. The molecule has 242 valence electrons. The van der Waals surface area contributed by atoms with Crippen LogP contribution in [0.3, 0.4) is 0 Å². The highest BCUT2D eigenvalue weighted by Gasteiger charge is 2.42. The van der Waals surface area contributed by atoms with E-state index in [1.54, 1.807) is 36.5 Å². The third-order valence-corrected chi connectivity index (χ3v) is 9.31. The summed E-state index contributed by atoms with van der Waals surface area (Å²) in [6, 6.07) is 17.9. The summed E-state index contributed by atoms with van der Waals surface area (Å²) in [5.74, 6) is 0.957. The first-order valence-electron chi connectivity index (χ1n) is 15.8. The van der Waals surface area contributed by atoms with E-state index < -0.39 is 12.6 Å². The summed E-state index contributed by atoms with van der Waals surface area (Å²) in [7, 11) is 0. The molecule has 3 aliphatic heterocycles. The largest absolute Gasteiger partial charge is 0.436 e. The quantitative estimate of drug-likeness (QED) is 0.240. The number of hydrogen-bond donors (Lipinski definition) is 3. The van der Waals surface area contributed by atoms with Crippen molar-refractivity contribution in [2.45, 2.75) is 44.3 Å². The number of anilines is 1. The zero-order valence-electron chi connectivity index (χ0n) is 25.4. The monoisotopic (exact) mass is 641 g/mol. The van der Waals surface area contributed by atoms with E-state index in [9.17, 15) is 18.4 Å². The van der Waals surface area contributed by atoms with E-state index in [4.69, 9.17) is 4.42 Å². The molecule has 0 spiro atoms. The number of likely N-dealkylation sites (tertiary alicyclic amines) is 2. The molecule has 3 N–H and O–H groups in total. The van der Waals surface area contributed by atoms with Gasteiger partial charge < -0.3 is 14.6 Å². The second-order valence-corrected chi connectivity index (χ2v) is 12.6. The zero-order valence-corrected chi connectivity index (χ0v) is 25.4. The molecule has 2 bridgehead atoms.